The Bertz CT molecular complexity index is 1010. The van der Waals surface area contributed by atoms with Gasteiger partial charge in [0.05, 0.1) is 0 Å². The Labute approximate surface area is 172 Å². The molecule has 1 aromatic heterocycles. The average molecular weight is 389 g/mol. The van der Waals surface area contributed by atoms with Crippen LogP contribution in [-0.2, 0) is 19.4 Å². The predicted molar refractivity (Wildman–Crippen MR) is 119 cm³/mol. The SMILES string of the molecule is CCCCc1c(C(=O)Nc2ccccc2)c(=O)cc(CC)n1Cc1ccccc1. The third-order valence-corrected chi connectivity index (χ3v) is 5.08. The Morgan fingerprint density at radius 3 is 2.24 bits per heavy atom. The predicted octanol–water partition coefficient (Wildman–Crippen LogP) is 5.05. The van der Waals surface area contributed by atoms with Crippen LogP contribution in [-0.4, -0.2) is 10.5 Å². The van der Waals surface area contributed by atoms with Crippen LogP contribution in [0.4, 0.5) is 5.69 Å². The van der Waals surface area contributed by atoms with Crippen LogP contribution in [0.5, 0.6) is 0 Å². The van der Waals surface area contributed by atoms with Crippen LogP contribution in [0.3, 0.4) is 0 Å². The van der Waals surface area contributed by atoms with Crippen LogP contribution in [0.15, 0.2) is 71.5 Å². The van der Waals surface area contributed by atoms with Crippen molar-refractivity contribution in [2.45, 2.75) is 46.1 Å². The van der Waals surface area contributed by atoms with Crippen molar-refractivity contribution in [1.82, 2.24) is 4.57 Å². The van der Waals surface area contributed by atoms with E-state index < -0.39 is 0 Å². The van der Waals surface area contributed by atoms with Gasteiger partial charge in [0, 0.05) is 29.7 Å². The lowest BCUT2D eigenvalue weighted by Gasteiger charge is -2.21. The molecular weight excluding hydrogens is 360 g/mol. The molecule has 0 bridgehead atoms. The van der Waals surface area contributed by atoms with Gasteiger partial charge in [-0.1, -0.05) is 68.8 Å². The first-order valence-electron chi connectivity index (χ1n) is 10.3. The molecule has 0 aliphatic heterocycles. The fourth-order valence-electron chi connectivity index (χ4n) is 3.57. The van der Waals surface area contributed by atoms with Crippen molar-refractivity contribution in [3.63, 3.8) is 0 Å². The maximum atomic E-state index is 13.1. The van der Waals surface area contributed by atoms with Crippen molar-refractivity contribution in [3.8, 4) is 0 Å². The molecule has 4 heteroatoms. The quantitative estimate of drug-likeness (QED) is 0.587. The van der Waals surface area contributed by atoms with Gasteiger partial charge in [-0.15, -0.1) is 0 Å². The number of nitrogens with one attached hydrogen (secondary N) is 1. The molecule has 0 fully saturated rings. The van der Waals surface area contributed by atoms with Gasteiger partial charge in [-0.05, 0) is 37.0 Å². The average Bonchev–Trinajstić information content (AvgIpc) is 2.74. The van der Waals surface area contributed by atoms with Gasteiger partial charge in [-0.2, -0.15) is 0 Å². The van der Waals surface area contributed by atoms with E-state index in [1.165, 1.54) is 0 Å². The topological polar surface area (TPSA) is 51.1 Å². The van der Waals surface area contributed by atoms with Crippen LogP contribution in [0.1, 0.15) is 54.0 Å². The third kappa shape index (κ3) is 5.02. The molecule has 0 atom stereocenters. The molecule has 3 aromatic rings. The molecule has 29 heavy (non-hydrogen) atoms. The van der Waals surface area contributed by atoms with E-state index in [1.54, 1.807) is 6.07 Å². The second-order valence-electron chi connectivity index (χ2n) is 7.17. The second-order valence-corrected chi connectivity index (χ2v) is 7.17. The van der Waals surface area contributed by atoms with Crippen LogP contribution in [0, 0.1) is 0 Å². The lowest BCUT2D eigenvalue weighted by atomic mass is 10.0. The van der Waals surface area contributed by atoms with Crippen molar-refractivity contribution in [3.05, 3.63) is 99.5 Å². The zero-order chi connectivity index (χ0) is 20.6. The molecule has 1 heterocycles. The molecule has 0 radical (unpaired) electrons. The number of hydrogen-bond donors (Lipinski definition) is 1. The summed E-state index contributed by atoms with van der Waals surface area (Å²) in [6, 6.07) is 21.1. The van der Waals surface area contributed by atoms with E-state index >= 15 is 0 Å². The molecule has 2 aromatic carbocycles. The van der Waals surface area contributed by atoms with Gasteiger partial charge < -0.3 is 9.88 Å². The Morgan fingerprint density at radius 2 is 1.62 bits per heavy atom. The van der Waals surface area contributed by atoms with Crippen LogP contribution >= 0.6 is 0 Å². The Hall–Kier alpha value is -3.14. The summed E-state index contributed by atoms with van der Waals surface area (Å²) < 4.78 is 2.16. The second kappa shape index (κ2) is 9.87. The smallest absolute Gasteiger partial charge is 0.261 e. The maximum absolute atomic E-state index is 13.1. The number of benzene rings is 2. The third-order valence-electron chi connectivity index (χ3n) is 5.08. The minimum absolute atomic E-state index is 0.203. The number of carbonyl (C=O) groups excluding carboxylic acids is 1. The van der Waals surface area contributed by atoms with Crippen molar-refractivity contribution in [2.24, 2.45) is 0 Å². The molecule has 1 amide bonds. The number of aryl methyl sites for hydroxylation is 1. The molecular formula is C25H28N2O2. The molecule has 0 unspecified atom stereocenters. The van der Waals surface area contributed by atoms with Crippen molar-refractivity contribution >= 4 is 11.6 Å². The molecule has 4 nitrogen and oxygen atoms in total. The standard InChI is InChI=1S/C25H28N2O2/c1-3-5-16-22-24(25(29)26-20-14-10-7-11-15-20)23(28)17-21(4-2)27(22)18-19-12-8-6-9-13-19/h6-15,17H,3-5,16,18H2,1-2H3,(H,26,29). The lowest BCUT2D eigenvalue weighted by Crippen LogP contribution is -2.29. The highest BCUT2D eigenvalue weighted by Crippen LogP contribution is 2.18. The maximum Gasteiger partial charge on any atom is 0.261 e. The van der Waals surface area contributed by atoms with E-state index in [0.29, 0.717) is 18.7 Å². The first-order valence-corrected chi connectivity index (χ1v) is 10.3. The summed E-state index contributed by atoms with van der Waals surface area (Å²) in [7, 11) is 0. The van der Waals surface area contributed by atoms with Gasteiger partial charge in [0.2, 0.25) is 0 Å². The Kier molecular flexibility index (Phi) is 7.01. The molecule has 3 rings (SSSR count). The number of hydrogen-bond acceptors (Lipinski definition) is 2. The van der Waals surface area contributed by atoms with Gasteiger partial charge in [-0.3, -0.25) is 9.59 Å². The zero-order valence-electron chi connectivity index (χ0n) is 17.2. The number of anilines is 1. The summed E-state index contributed by atoms with van der Waals surface area (Å²) in [4.78, 5) is 26.0. The highest BCUT2D eigenvalue weighted by Gasteiger charge is 2.21. The van der Waals surface area contributed by atoms with Crippen molar-refractivity contribution in [2.75, 3.05) is 5.32 Å². The summed E-state index contributed by atoms with van der Waals surface area (Å²) in [5.41, 5.74) is 3.68. The summed E-state index contributed by atoms with van der Waals surface area (Å²) in [5.74, 6) is -0.336. The normalized spacial score (nSPS) is 10.7. The minimum atomic E-state index is -0.336. The van der Waals surface area contributed by atoms with Crippen LogP contribution in [0.2, 0.25) is 0 Å². The molecule has 0 aliphatic rings. The largest absolute Gasteiger partial charge is 0.343 e. The van der Waals surface area contributed by atoms with Gasteiger partial charge in [-0.25, -0.2) is 0 Å². The van der Waals surface area contributed by atoms with E-state index in [1.807, 2.05) is 55.5 Å². The summed E-state index contributed by atoms with van der Waals surface area (Å²) >= 11 is 0. The lowest BCUT2D eigenvalue weighted by molar-refractivity contribution is 0.102. The highest BCUT2D eigenvalue weighted by molar-refractivity contribution is 6.05. The Balaban J connectivity index is 2.09. The fraction of sp³-hybridized carbons (Fsp3) is 0.280. The molecule has 0 saturated heterocycles. The summed E-state index contributed by atoms with van der Waals surface area (Å²) in [6.07, 6.45) is 3.36. The number of pyridine rings is 1. The number of carbonyl (C=O) groups is 1. The summed E-state index contributed by atoms with van der Waals surface area (Å²) in [5, 5.41) is 2.89. The first-order chi connectivity index (χ1) is 14.1. The van der Waals surface area contributed by atoms with E-state index in [-0.39, 0.29) is 16.9 Å². The van der Waals surface area contributed by atoms with E-state index in [4.69, 9.17) is 0 Å². The number of unbranched alkanes of at least 4 members (excludes halogenated alkanes) is 1. The molecule has 0 aliphatic carbocycles. The number of nitrogens with zero attached hydrogens (tertiary/aromatic N) is 1. The van der Waals surface area contributed by atoms with Gasteiger partial charge in [0.15, 0.2) is 5.43 Å². The number of para-hydroxylation sites is 1. The monoisotopic (exact) mass is 388 g/mol. The Morgan fingerprint density at radius 1 is 0.966 bits per heavy atom. The van der Waals surface area contributed by atoms with Crippen molar-refractivity contribution < 1.29 is 4.79 Å². The van der Waals surface area contributed by atoms with E-state index in [9.17, 15) is 9.59 Å². The molecule has 1 N–H and O–H groups in total. The zero-order valence-corrected chi connectivity index (χ0v) is 17.2. The minimum Gasteiger partial charge on any atom is -0.343 e. The molecule has 0 saturated carbocycles. The highest BCUT2D eigenvalue weighted by atomic mass is 16.2. The molecule has 0 spiro atoms. The van der Waals surface area contributed by atoms with Gasteiger partial charge in [0.1, 0.15) is 5.56 Å². The van der Waals surface area contributed by atoms with E-state index in [0.717, 1.165) is 36.2 Å². The van der Waals surface area contributed by atoms with E-state index in [2.05, 4.69) is 28.9 Å². The number of aromatic nitrogens is 1. The van der Waals surface area contributed by atoms with Gasteiger partial charge in [0.25, 0.3) is 5.91 Å². The van der Waals surface area contributed by atoms with Gasteiger partial charge >= 0.3 is 0 Å². The first kappa shape index (κ1) is 20.6. The van der Waals surface area contributed by atoms with Crippen molar-refractivity contribution in [1.29, 1.82) is 0 Å². The number of rotatable bonds is 8. The molecule has 150 valence electrons. The van der Waals surface area contributed by atoms with Crippen LogP contribution < -0.4 is 10.7 Å². The number of amides is 1. The summed E-state index contributed by atoms with van der Waals surface area (Å²) in [6.45, 7) is 4.81. The fourth-order valence-corrected chi connectivity index (χ4v) is 3.57. The van der Waals surface area contributed by atoms with Crippen LogP contribution in [0.25, 0.3) is 0 Å².